The minimum atomic E-state index is -0.744. The Balaban J connectivity index is 1.68. The van der Waals surface area contributed by atoms with Gasteiger partial charge in [-0.2, -0.15) is 0 Å². The third-order valence-electron chi connectivity index (χ3n) is 5.70. The summed E-state index contributed by atoms with van der Waals surface area (Å²) in [5, 5.41) is 10.8. The first kappa shape index (κ1) is 24.0. The zero-order chi connectivity index (χ0) is 24.6. The number of nitrogens with zero attached hydrogens (tertiary/aromatic N) is 1. The van der Waals surface area contributed by atoms with Gasteiger partial charge in [0.2, 0.25) is 0 Å². The van der Waals surface area contributed by atoms with E-state index in [1.807, 2.05) is 78.9 Å². The Morgan fingerprint density at radius 3 is 2.37 bits per heavy atom. The average molecular weight is 470 g/mol. The highest BCUT2D eigenvalue weighted by Gasteiger charge is 2.42. The summed E-state index contributed by atoms with van der Waals surface area (Å²) >= 11 is 0. The van der Waals surface area contributed by atoms with Crippen molar-refractivity contribution in [3.8, 4) is 11.5 Å². The van der Waals surface area contributed by atoms with Crippen molar-refractivity contribution in [2.75, 3.05) is 20.3 Å². The smallest absolute Gasteiger partial charge is 0.290 e. The molecule has 1 N–H and O–H groups in total. The Morgan fingerprint density at radius 1 is 0.971 bits per heavy atom. The van der Waals surface area contributed by atoms with Crippen LogP contribution in [0.25, 0.3) is 6.08 Å². The standard InChI is InChI=1S/C29H27NO5/c1-34-19-9-18-30-27(22-12-8-15-24(20-22)35-23-13-6-3-7-14-23)26(28(32)29(30)33)25(31)17-16-21-10-4-2-5-11-21/h2-8,10-17,20,27,32H,9,18-19H2,1H3. The molecule has 3 aromatic carbocycles. The number of aliphatic hydroxyl groups is 1. The molecule has 1 aliphatic rings. The number of allylic oxidation sites excluding steroid dienone is 1. The molecule has 0 bridgehead atoms. The SMILES string of the molecule is COCCCN1C(=O)C(O)=C(C(=O)C=Cc2ccccc2)C1c1cccc(Oc2ccccc2)c1. The van der Waals surface area contributed by atoms with E-state index in [0.29, 0.717) is 36.6 Å². The predicted molar refractivity (Wildman–Crippen MR) is 134 cm³/mol. The van der Waals surface area contributed by atoms with Gasteiger partial charge in [0, 0.05) is 20.3 Å². The molecule has 0 aromatic heterocycles. The maximum atomic E-state index is 13.3. The van der Waals surface area contributed by atoms with Gasteiger partial charge in [-0.3, -0.25) is 9.59 Å². The molecule has 1 amide bonds. The summed E-state index contributed by atoms with van der Waals surface area (Å²) in [4.78, 5) is 27.8. The Hall–Kier alpha value is -4.16. The van der Waals surface area contributed by atoms with Crippen LogP contribution in [0.15, 0.2) is 102 Å². The molecule has 1 unspecified atom stereocenters. The molecule has 1 aliphatic heterocycles. The van der Waals surface area contributed by atoms with E-state index in [1.165, 1.54) is 11.0 Å². The topological polar surface area (TPSA) is 76.1 Å². The van der Waals surface area contributed by atoms with Crippen molar-refractivity contribution in [1.29, 1.82) is 0 Å². The fraction of sp³-hybridized carbons (Fsp3) is 0.172. The molecule has 0 saturated heterocycles. The molecule has 0 fully saturated rings. The Kier molecular flexibility index (Phi) is 7.75. The first-order valence-corrected chi connectivity index (χ1v) is 11.4. The number of benzene rings is 3. The zero-order valence-electron chi connectivity index (χ0n) is 19.5. The highest BCUT2D eigenvalue weighted by atomic mass is 16.5. The fourth-order valence-electron chi connectivity index (χ4n) is 4.06. The van der Waals surface area contributed by atoms with Crippen molar-refractivity contribution in [3.05, 3.63) is 113 Å². The molecule has 0 saturated carbocycles. The summed E-state index contributed by atoms with van der Waals surface area (Å²) < 4.78 is 11.1. The Morgan fingerprint density at radius 2 is 1.66 bits per heavy atom. The summed E-state index contributed by atoms with van der Waals surface area (Å²) in [6, 6.07) is 25.2. The number of methoxy groups -OCH3 is 1. The molecule has 3 aromatic rings. The zero-order valence-corrected chi connectivity index (χ0v) is 19.5. The largest absolute Gasteiger partial charge is 0.503 e. The van der Waals surface area contributed by atoms with Crippen molar-refractivity contribution in [2.24, 2.45) is 0 Å². The van der Waals surface area contributed by atoms with Gasteiger partial charge < -0.3 is 19.5 Å². The quantitative estimate of drug-likeness (QED) is 0.314. The first-order chi connectivity index (χ1) is 17.1. The number of para-hydroxylation sites is 1. The molecular weight excluding hydrogens is 442 g/mol. The van der Waals surface area contributed by atoms with E-state index in [9.17, 15) is 14.7 Å². The molecule has 0 spiro atoms. The number of ether oxygens (including phenoxy) is 2. The Labute approximate surface area is 204 Å². The molecule has 0 radical (unpaired) electrons. The van der Waals surface area contributed by atoms with Crippen LogP contribution < -0.4 is 4.74 Å². The maximum absolute atomic E-state index is 13.3. The summed E-state index contributed by atoms with van der Waals surface area (Å²) in [6.07, 6.45) is 3.63. The number of amides is 1. The summed E-state index contributed by atoms with van der Waals surface area (Å²) in [5.74, 6) is -0.282. The number of rotatable bonds is 10. The molecule has 1 atom stereocenters. The van der Waals surface area contributed by atoms with Crippen LogP contribution in [0.2, 0.25) is 0 Å². The van der Waals surface area contributed by atoms with Crippen LogP contribution in [0, 0.1) is 0 Å². The lowest BCUT2D eigenvalue weighted by Crippen LogP contribution is -2.32. The van der Waals surface area contributed by atoms with Crippen molar-refractivity contribution >= 4 is 17.8 Å². The average Bonchev–Trinajstić information content (AvgIpc) is 3.14. The van der Waals surface area contributed by atoms with E-state index in [4.69, 9.17) is 9.47 Å². The molecule has 0 aliphatic carbocycles. The summed E-state index contributed by atoms with van der Waals surface area (Å²) in [6.45, 7) is 0.774. The molecule has 4 rings (SSSR count). The monoisotopic (exact) mass is 469 g/mol. The molecule has 6 nitrogen and oxygen atoms in total. The van der Waals surface area contributed by atoms with Gasteiger partial charge in [-0.05, 0) is 47.9 Å². The lowest BCUT2D eigenvalue weighted by molar-refractivity contribution is -0.129. The molecule has 178 valence electrons. The van der Waals surface area contributed by atoms with E-state index in [-0.39, 0.29) is 5.57 Å². The van der Waals surface area contributed by atoms with E-state index < -0.39 is 23.5 Å². The van der Waals surface area contributed by atoms with Crippen molar-refractivity contribution in [3.63, 3.8) is 0 Å². The summed E-state index contributed by atoms with van der Waals surface area (Å²) in [7, 11) is 1.59. The number of carbonyl (C=O) groups excluding carboxylic acids is 2. The highest BCUT2D eigenvalue weighted by molar-refractivity contribution is 6.14. The molecular formula is C29H27NO5. The first-order valence-electron chi connectivity index (χ1n) is 11.4. The maximum Gasteiger partial charge on any atom is 0.290 e. The van der Waals surface area contributed by atoms with Gasteiger partial charge in [-0.1, -0.05) is 66.7 Å². The fourth-order valence-corrected chi connectivity index (χ4v) is 4.06. The van der Waals surface area contributed by atoms with Crippen LogP contribution >= 0.6 is 0 Å². The lowest BCUT2D eigenvalue weighted by Gasteiger charge is -2.27. The van der Waals surface area contributed by atoms with Gasteiger partial charge in [0.05, 0.1) is 11.6 Å². The van der Waals surface area contributed by atoms with Crippen molar-refractivity contribution in [2.45, 2.75) is 12.5 Å². The van der Waals surface area contributed by atoms with Crippen LogP contribution in [0.3, 0.4) is 0 Å². The second-order valence-electron chi connectivity index (χ2n) is 8.11. The second kappa shape index (κ2) is 11.3. The van der Waals surface area contributed by atoms with Gasteiger partial charge >= 0.3 is 0 Å². The lowest BCUT2D eigenvalue weighted by atomic mass is 9.95. The molecule has 6 heteroatoms. The van der Waals surface area contributed by atoms with Crippen LogP contribution in [0.1, 0.15) is 23.6 Å². The number of hydrogen-bond acceptors (Lipinski definition) is 5. The van der Waals surface area contributed by atoms with E-state index in [1.54, 1.807) is 19.3 Å². The molecule has 1 heterocycles. The Bertz CT molecular complexity index is 1230. The van der Waals surface area contributed by atoms with Crippen LogP contribution in [-0.4, -0.2) is 42.0 Å². The minimum absolute atomic E-state index is 0.0523. The predicted octanol–water partition coefficient (Wildman–Crippen LogP) is 5.49. The van der Waals surface area contributed by atoms with Crippen LogP contribution in [-0.2, 0) is 14.3 Å². The van der Waals surface area contributed by atoms with E-state index in [2.05, 4.69) is 0 Å². The number of aliphatic hydroxyl groups excluding tert-OH is 1. The number of hydrogen-bond donors (Lipinski definition) is 1. The van der Waals surface area contributed by atoms with Crippen molar-refractivity contribution < 1.29 is 24.2 Å². The third-order valence-corrected chi connectivity index (χ3v) is 5.70. The van der Waals surface area contributed by atoms with E-state index in [0.717, 1.165) is 5.56 Å². The van der Waals surface area contributed by atoms with E-state index >= 15 is 0 Å². The van der Waals surface area contributed by atoms with Crippen molar-refractivity contribution in [1.82, 2.24) is 4.90 Å². The van der Waals surface area contributed by atoms with Gasteiger partial charge in [0.15, 0.2) is 11.5 Å². The highest BCUT2D eigenvalue weighted by Crippen LogP contribution is 2.39. The molecule has 35 heavy (non-hydrogen) atoms. The van der Waals surface area contributed by atoms with Gasteiger partial charge in [-0.15, -0.1) is 0 Å². The third kappa shape index (κ3) is 5.67. The normalized spacial score (nSPS) is 15.7. The second-order valence-corrected chi connectivity index (χ2v) is 8.11. The summed E-state index contributed by atoms with van der Waals surface area (Å²) in [5.41, 5.74) is 1.57. The van der Waals surface area contributed by atoms with Gasteiger partial charge in [0.25, 0.3) is 5.91 Å². The van der Waals surface area contributed by atoms with Gasteiger partial charge in [-0.25, -0.2) is 0 Å². The number of ketones is 1. The van der Waals surface area contributed by atoms with Crippen LogP contribution in [0.4, 0.5) is 0 Å². The number of carbonyl (C=O) groups is 2. The van der Waals surface area contributed by atoms with Gasteiger partial charge in [0.1, 0.15) is 11.5 Å². The minimum Gasteiger partial charge on any atom is -0.503 e. The van der Waals surface area contributed by atoms with Crippen LogP contribution in [0.5, 0.6) is 11.5 Å².